The SMILES string of the molecule is CC(=O)N=C(CCC(=O)NCCCCC(=O)NCCN(C)CCC(C)C)C(=O)O. The lowest BCUT2D eigenvalue weighted by molar-refractivity contribution is -0.130. The van der Waals surface area contributed by atoms with Gasteiger partial charge in [-0.15, -0.1) is 0 Å². The summed E-state index contributed by atoms with van der Waals surface area (Å²) in [5.74, 6) is -1.55. The molecular weight excluding hydrogens is 376 g/mol. The number of carbonyl (C=O) groups excluding carboxylic acids is 3. The first-order valence-corrected chi connectivity index (χ1v) is 10.1. The zero-order chi connectivity index (χ0) is 22.2. The molecule has 0 atom stereocenters. The van der Waals surface area contributed by atoms with Crippen LogP contribution in [0.15, 0.2) is 4.99 Å². The Morgan fingerprint density at radius 1 is 0.931 bits per heavy atom. The van der Waals surface area contributed by atoms with E-state index in [1.807, 2.05) is 7.05 Å². The van der Waals surface area contributed by atoms with Crippen molar-refractivity contribution in [1.82, 2.24) is 15.5 Å². The van der Waals surface area contributed by atoms with Gasteiger partial charge in [0.1, 0.15) is 5.71 Å². The molecule has 0 unspecified atom stereocenters. The molecule has 0 aliphatic heterocycles. The molecule has 0 spiro atoms. The zero-order valence-electron chi connectivity index (χ0n) is 18.1. The normalized spacial score (nSPS) is 11.6. The first kappa shape index (κ1) is 26.7. The Labute approximate surface area is 173 Å². The van der Waals surface area contributed by atoms with E-state index in [1.165, 1.54) is 0 Å². The molecule has 0 fully saturated rings. The van der Waals surface area contributed by atoms with Crippen LogP contribution in [0.2, 0.25) is 0 Å². The van der Waals surface area contributed by atoms with Crippen LogP contribution in [0.1, 0.15) is 59.3 Å². The van der Waals surface area contributed by atoms with Gasteiger partial charge in [0, 0.05) is 45.8 Å². The number of aliphatic carboxylic acids is 1. The van der Waals surface area contributed by atoms with Crippen molar-refractivity contribution in [2.24, 2.45) is 10.9 Å². The molecule has 0 heterocycles. The zero-order valence-corrected chi connectivity index (χ0v) is 18.1. The Morgan fingerprint density at radius 3 is 2.14 bits per heavy atom. The largest absolute Gasteiger partial charge is 0.477 e. The molecule has 0 radical (unpaired) electrons. The number of nitrogens with one attached hydrogen (secondary N) is 2. The van der Waals surface area contributed by atoms with Crippen LogP contribution in [-0.4, -0.2) is 72.6 Å². The van der Waals surface area contributed by atoms with Gasteiger partial charge in [-0.2, -0.15) is 0 Å². The monoisotopic (exact) mass is 412 g/mol. The Hall–Kier alpha value is -2.29. The van der Waals surface area contributed by atoms with E-state index < -0.39 is 11.9 Å². The Balaban J connectivity index is 3.79. The maximum Gasteiger partial charge on any atom is 0.350 e. The summed E-state index contributed by atoms with van der Waals surface area (Å²) in [5, 5.41) is 14.5. The van der Waals surface area contributed by atoms with Crippen LogP contribution in [0.25, 0.3) is 0 Å². The number of hydrogen-bond acceptors (Lipinski definition) is 5. The number of carboxylic acids is 1. The molecule has 9 heteroatoms. The number of amides is 3. The van der Waals surface area contributed by atoms with Crippen molar-refractivity contribution in [3.63, 3.8) is 0 Å². The molecule has 29 heavy (non-hydrogen) atoms. The van der Waals surface area contributed by atoms with Gasteiger partial charge in [0.2, 0.25) is 17.7 Å². The summed E-state index contributed by atoms with van der Waals surface area (Å²) in [4.78, 5) is 50.9. The molecule has 3 N–H and O–H groups in total. The fraction of sp³-hybridized carbons (Fsp3) is 0.750. The molecule has 0 aliphatic carbocycles. The lowest BCUT2D eigenvalue weighted by Crippen LogP contribution is -2.33. The third-order valence-corrected chi connectivity index (χ3v) is 4.18. The van der Waals surface area contributed by atoms with Gasteiger partial charge in [0.25, 0.3) is 0 Å². The van der Waals surface area contributed by atoms with E-state index in [0.717, 1.165) is 26.4 Å². The Kier molecular flexibility index (Phi) is 14.4. The summed E-state index contributed by atoms with van der Waals surface area (Å²) in [6, 6.07) is 0. The lowest BCUT2D eigenvalue weighted by Gasteiger charge is -2.18. The maximum absolute atomic E-state index is 11.8. The van der Waals surface area contributed by atoms with E-state index in [4.69, 9.17) is 5.11 Å². The summed E-state index contributed by atoms with van der Waals surface area (Å²) in [6.07, 6.45) is 2.69. The standard InChI is InChI=1S/C20H36N4O5/c1-15(2)10-13-24(4)14-12-22-18(26)7-5-6-11-21-19(27)9-8-17(20(28)29)23-16(3)25/h15H,5-14H2,1-4H3,(H,21,27)(H,22,26)(H,28,29). The van der Waals surface area contributed by atoms with Gasteiger partial charge in [-0.25, -0.2) is 9.79 Å². The van der Waals surface area contributed by atoms with Crippen molar-refractivity contribution in [1.29, 1.82) is 0 Å². The number of nitrogens with zero attached hydrogens (tertiary/aromatic N) is 2. The topological polar surface area (TPSA) is 128 Å². The molecular formula is C20H36N4O5. The number of aliphatic imine (C=N–C) groups is 1. The third-order valence-electron chi connectivity index (χ3n) is 4.18. The van der Waals surface area contributed by atoms with Crippen molar-refractivity contribution in [2.45, 2.75) is 59.3 Å². The van der Waals surface area contributed by atoms with Crippen LogP contribution in [0.3, 0.4) is 0 Å². The van der Waals surface area contributed by atoms with Gasteiger partial charge in [-0.3, -0.25) is 14.4 Å². The van der Waals surface area contributed by atoms with Crippen molar-refractivity contribution in [2.75, 3.05) is 33.2 Å². The number of hydrogen-bond donors (Lipinski definition) is 3. The van der Waals surface area contributed by atoms with Crippen molar-refractivity contribution in [3.05, 3.63) is 0 Å². The van der Waals surface area contributed by atoms with Gasteiger partial charge in [-0.05, 0) is 38.8 Å². The molecule has 3 amide bonds. The highest BCUT2D eigenvalue weighted by Crippen LogP contribution is 2.00. The molecule has 0 aliphatic rings. The van der Waals surface area contributed by atoms with E-state index in [1.54, 1.807) is 0 Å². The highest BCUT2D eigenvalue weighted by Gasteiger charge is 2.13. The quantitative estimate of drug-likeness (QED) is 0.274. The number of carboxylic acid groups (broad SMARTS) is 1. The molecule has 166 valence electrons. The minimum atomic E-state index is -1.30. The van der Waals surface area contributed by atoms with Gasteiger partial charge in [0.05, 0.1) is 0 Å². The van der Waals surface area contributed by atoms with Crippen LogP contribution in [0.5, 0.6) is 0 Å². The average molecular weight is 413 g/mol. The predicted octanol–water partition coefficient (Wildman–Crippen LogP) is 1.22. The van der Waals surface area contributed by atoms with Gasteiger partial charge >= 0.3 is 5.97 Å². The fourth-order valence-corrected chi connectivity index (χ4v) is 2.42. The van der Waals surface area contributed by atoms with E-state index in [2.05, 4.69) is 34.4 Å². The van der Waals surface area contributed by atoms with Crippen molar-refractivity contribution < 1.29 is 24.3 Å². The lowest BCUT2D eigenvalue weighted by atomic mass is 10.1. The summed E-state index contributed by atoms with van der Waals surface area (Å²) in [6.45, 7) is 8.41. The summed E-state index contributed by atoms with van der Waals surface area (Å²) in [5.41, 5.74) is -0.320. The smallest absolute Gasteiger partial charge is 0.350 e. The minimum Gasteiger partial charge on any atom is -0.477 e. The molecule has 0 saturated carbocycles. The van der Waals surface area contributed by atoms with Crippen LogP contribution < -0.4 is 10.6 Å². The molecule has 0 aromatic heterocycles. The van der Waals surface area contributed by atoms with Crippen molar-refractivity contribution in [3.8, 4) is 0 Å². The average Bonchev–Trinajstić information content (AvgIpc) is 2.62. The maximum atomic E-state index is 11.8. The van der Waals surface area contributed by atoms with E-state index in [0.29, 0.717) is 38.3 Å². The van der Waals surface area contributed by atoms with Crippen LogP contribution in [-0.2, 0) is 19.2 Å². The second kappa shape index (κ2) is 15.6. The summed E-state index contributed by atoms with van der Waals surface area (Å²) >= 11 is 0. The predicted molar refractivity (Wildman–Crippen MR) is 112 cm³/mol. The first-order chi connectivity index (χ1) is 13.6. The molecule has 0 bridgehead atoms. The minimum absolute atomic E-state index is 0.000121. The number of rotatable bonds is 15. The van der Waals surface area contributed by atoms with Crippen LogP contribution in [0.4, 0.5) is 0 Å². The van der Waals surface area contributed by atoms with Gasteiger partial charge in [0.15, 0.2) is 0 Å². The van der Waals surface area contributed by atoms with E-state index >= 15 is 0 Å². The molecule has 9 nitrogen and oxygen atoms in total. The highest BCUT2D eigenvalue weighted by atomic mass is 16.4. The molecule has 0 saturated heterocycles. The molecule has 0 aromatic carbocycles. The number of unbranched alkanes of at least 4 members (excludes halogenated alkanes) is 1. The fourth-order valence-electron chi connectivity index (χ4n) is 2.42. The number of likely N-dealkylation sites (N-methyl/N-ethyl adjacent to an activating group) is 1. The molecule has 0 rings (SSSR count). The Morgan fingerprint density at radius 2 is 1.55 bits per heavy atom. The first-order valence-electron chi connectivity index (χ1n) is 10.1. The summed E-state index contributed by atoms with van der Waals surface area (Å²) < 4.78 is 0. The summed E-state index contributed by atoms with van der Waals surface area (Å²) in [7, 11) is 2.04. The molecule has 0 aromatic rings. The van der Waals surface area contributed by atoms with Crippen LogP contribution >= 0.6 is 0 Å². The second-order valence-corrected chi connectivity index (χ2v) is 7.53. The van der Waals surface area contributed by atoms with Crippen LogP contribution in [0, 0.1) is 5.92 Å². The third kappa shape index (κ3) is 16.4. The van der Waals surface area contributed by atoms with E-state index in [9.17, 15) is 19.2 Å². The van der Waals surface area contributed by atoms with Crippen molar-refractivity contribution >= 4 is 29.4 Å². The van der Waals surface area contributed by atoms with E-state index in [-0.39, 0.29) is 30.4 Å². The Bertz CT molecular complexity index is 575. The van der Waals surface area contributed by atoms with Gasteiger partial charge < -0.3 is 20.6 Å². The van der Waals surface area contributed by atoms with Gasteiger partial charge in [-0.1, -0.05) is 13.8 Å². The second-order valence-electron chi connectivity index (χ2n) is 7.53. The number of carbonyl (C=O) groups is 4. The highest BCUT2D eigenvalue weighted by molar-refractivity contribution is 6.37.